The van der Waals surface area contributed by atoms with Crippen LogP contribution in [-0.4, -0.2) is 183 Å². The van der Waals surface area contributed by atoms with E-state index in [-0.39, 0.29) is 68.9 Å². The van der Waals surface area contributed by atoms with Gasteiger partial charge in [0, 0.05) is 24.3 Å². The highest BCUT2D eigenvalue weighted by Crippen LogP contribution is 2.24. The van der Waals surface area contributed by atoms with Crippen LogP contribution in [0.5, 0.6) is 5.75 Å². The summed E-state index contributed by atoms with van der Waals surface area (Å²) in [6.07, 6.45) is -1.72. The van der Waals surface area contributed by atoms with Crippen LogP contribution in [-0.2, 0) is 65.6 Å². The number of rotatable bonds is 22. The predicted octanol–water partition coefficient (Wildman–Crippen LogP) is -4.74. The Hall–Kier alpha value is -7.09. The number of nitrogens with two attached hydrogens (primary N) is 4. The Morgan fingerprint density at radius 1 is 0.654 bits per heavy atom. The first kappa shape index (κ1) is 68.2. The van der Waals surface area contributed by atoms with Crippen molar-refractivity contribution in [1.29, 1.82) is 0 Å². The number of aromatic hydroxyl groups is 1. The molecule has 0 bridgehead atoms. The summed E-state index contributed by atoms with van der Waals surface area (Å²) >= 11 is 0. The lowest BCUT2D eigenvalue weighted by molar-refractivity contribution is -0.142. The van der Waals surface area contributed by atoms with Gasteiger partial charge in [0.05, 0.1) is 18.8 Å². The van der Waals surface area contributed by atoms with E-state index in [1.807, 2.05) is 0 Å². The number of carbonyl (C=O) groups excluding carboxylic acids is 10. The number of aliphatic carboxylic acids is 1. The van der Waals surface area contributed by atoms with Gasteiger partial charge in [-0.2, -0.15) is 0 Å². The Balaban J connectivity index is 2.17. The molecule has 1 fully saturated rings. The number of phenolic OH excluding ortho intramolecular Hbond substituents is 1. The van der Waals surface area contributed by atoms with E-state index in [0.29, 0.717) is 24.0 Å². The Kier molecular flexibility index (Phi) is 30.0. The summed E-state index contributed by atoms with van der Waals surface area (Å²) in [5.41, 5.74) is 24.3. The first-order chi connectivity index (χ1) is 38.5. The molecule has 28 nitrogen and oxygen atoms in total. The zero-order chi connectivity index (χ0) is 60.2. The van der Waals surface area contributed by atoms with E-state index in [1.165, 1.54) is 31.2 Å². The number of amides is 10. The highest BCUT2D eigenvalue weighted by molar-refractivity contribution is 8.76. The van der Waals surface area contributed by atoms with Gasteiger partial charge in [-0.05, 0) is 102 Å². The van der Waals surface area contributed by atoms with Gasteiger partial charge in [0.2, 0.25) is 59.1 Å². The fourth-order valence-corrected chi connectivity index (χ4v) is 10.2. The maximum Gasteiger partial charge on any atom is 0.326 e. The molecule has 21 N–H and O–H groups in total. The normalized spacial score (nSPS) is 23.5. The number of hydrogen-bond acceptors (Lipinski definition) is 19. The van der Waals surface area contributed by atoms with Gasteiger partial charge in [-0.15, -0.1) is 0 Å². The minimum atomic E-state index is -1.80. The summed E-state index contributed by atoms with van der Waals surface area (Å²) in [7, 11) is 1.77. The average Bonchev–Trinajstić information content (AvgIpc) is 3.43. The first-order valence-corrected chi connectivity index (χ1v) is 28.7. The number of phenols is 1. The van der Waals surface area contributed by atoms with Crippen molar-refractivity contribution in [2.45, 2.75) is 145 Å². The fraction of sp³-hybridized carbons (Fsp3) is 0.549. The second kappa shape index (κ2) is 35.6. The monoisotopic (exact) mass is 1180 g/mol. The van der Waals surface area contributed by atoms with E-state index >= 15 is 0 Å². The molecular formula is C51H77N13O15S2. The second-order valence-corrected chi connectivity index (χ2v) is 21.8. The van der Waals surface area contributed by atoms with E-state index < -0.39 is 151 Å². The molecule has 448 valence electrons. The minimum absolute atomic E-state index is 0.0358. The number of hydrogen-bond donors (Lipinski definition) is 17. The van der Waals surface area contributed by atoms with Crippen LogP contribution in [0.4, 0.5) is 0 Å². The highest BCUT2D eigenvalue weighted by atomic mass is 33.1. The first-order valence-electron chi connectivity index (χ1n) is 26.2. The van der Waals surface area contributed by atoms with Crippen LogP contribution < -0.4 is 70.8 Å². The number of aliphatic hydroxyl groups excluding tert-OH is 2. The van der Waals surface area contributed by atoms with E-state index in [9.17, 15) is 73.2 Å². The molecule has 30 heteroatoms. The molecule has 11 atom stereocenters. The summed E-state index contributed by atoms with van der Waals surface area (Å²) in [5.74, 6) is -12.2. The number of nitrogens with one attached hydrogen (secondary N) is 9. The SMILES string of the molecule is C[C@@H]1NC(=O)[C@H]([C@@H](C)O)NC(=O)[C@@H](NC(=O)[C@@H](N)Cc2ccccc2)CSSC[C@@H](C(=O)N[C@@H](Cc2ccc(O)cc2)C(=O)O)NC(=O)[C@H](CCCCN)NC(=O)[C@H](CCCCN)NC(=O)[C@H](CCC(N)=O)NC(=O)[C@@H](CO)NC1=O. The average molecular weight is 1180 g/mol. The second-order valence-electron chi connectivity index (χ2n) is 19.2. The highest BCUT2D eigenvalue weighted by Gasteiger charge is 2.36. The molecule has 0 radical (unpaired) electrons. The Morgan fingerprint density at radius 3 is 1.70 bits per heavy atom. The maximum atomic E-state index is 14.5. The van der Waals surface area contributed by atoms with Crippen molar-refractivity contribution in [3.05, 3.63) is 65.7 Å². The van der Waals surface area contributed by atoms with Gasteiger partial charge in [0.25, 0.3) is 0 Å². The quantitative estimate of drug-likeness (QED) is 0.0389. The summed E-state index contributed by atoms with van der Waals surface area (Å²) in [6.45, 7) is 1.63. The van der Waals surface area contributed by atoms with Crippen molar-refractivity contribution in [3.8, 4) is 5.75 Å². The van der Waals surface area contributed by atoms with Gasteiger partial charge >= 0.3 is 5.97 Å². The number of aliphatic hydroxyl groups is 2. The van der Waals surface area contributed by atoms with Crippen molar-refractivity contribution in [2.75, 3.05) is 31.2 Å². The van der Waals surface area contributed by atoms with Gasteiger partial charge in [-0.25, -0.2) is 4.79 Å². The van der Waals surface area contributed by atoms with Crippen molar-refractivity contribution in [1.82, 2.24) is 47.9 Å². The third-order valence-electron chi connectivity index (χ3n) is 12.5. The van der Waals surface area contributed by atoms with Crippen LogP contribution in [0.25, 0.3) is 0 Å². The van der Waals surface area contributed by atoms with Crippen molar-refractivity contribution in [3.63, 3.8) is 0 Å². The van der Waals surface area contributed by atoms with Crippen molar-refractivity contribution >= 4 is 86.6 Å². The maximum absolute atomic E-state index is 14.5. The minimum Gasteiger partial charge on any atom is -0.508 e. The molecule has 0 saturated carbocycles. The molecular weight excluding hydrogens is 1100 g/mol. The number of carboxylic acid groups (broad SMARTS) is 1. The fourth-order valence-electron chi connectivity index (χ4n) is 7.86. The Labute approximate surface area is 476 Å². The van der Waals surface area contributed by atoms with Crippen LogP contribution in [0.3, 0.4) is 0 Å². The number of benzene rings is 2. The van der Waals surface area contributed by atoms with E-state index in [1.54, 1.807) is 30.3 Å². The number of primary amides is 1. The molecule has 2 aromatic rings. The Morgan fingerprint density at radius 2 is 1.17 bits per heavy atom. The largest absolute Gasteiger partial charge is 0.508 e. The molecule has 1 aliphatic rings. The molecule has 0 spiro atoms. The summed E-state index contributed by atoms with van der Waals surface area (Å²) in [4.78, 5) is 150. The molecule has 81 heavy (non-hydrogen) atoms. The molecule has 10 amide bonds. The van der Waals surface area contributed by atoms with Crippen molar-refractivity contribution < 1.29 is 73.2 Å². The number of carboxylic acids is 1. The molecule has 1 aliphatic heterocycles. The van der Waals surface area contributed by atoms with Crippen LogP contribution in [0, 0.1) is 0 Å². The molecule has 1 heterocycles. The number of unbranched alkanes of at least 4 members (excludes halogenated alkanes) is 2. The van der Waals surface area contributed by atoms with Crippen LogP contribution in [0.2, 0.25) is 0 Å². The third-order valence-corrected chi connectivity index (χ3v) is 15.0. The van der Waals surface area contributed by atoms with Gasteiger partial charge in [0.1, 0.15) is 60.1 Å². The van der Waals surface area contributed by atoms with Gasteiger partial charge < -0.3 is 91.2 Å². The zero-order valence-corrected chi connectivity index (χ0v) is 46.7. The number of carbonyl (C=O) groups is 11. The molecule has 1 saturated heterocycles. The predicted molar refractivity (Wildman–Crippen MR) is 299 cm³/mol. The van der Waals surface area contributed by atoms with Crippen LogP contribution in [0.15, 0.2) is 54.6 Å². The topological polar surface area (TPSA) is 481 Å². The van der Waals surface area contributed by atoms with Crippen molar-refractivity contribution in [2.24, 2.45) is 22.9 Å². The lowest BCUT2D eigenvalue weighted by Gasteiger charge is -2.28. The van der Waals surface area contributed by atoms with Crippen LogP contribution >= 0.6 is 21.6 Å². The summed E-state index contributed by atoms with van der Waals surface area (Å²) < 4.78 is 0. The van der Waals surface area contributed by atoms with Crippen LogP contribution in [0.1, 0.15) is 76.3 Å². The summed E-state index contributed by atoms with van der Waals surface area (Å²) in [6, 6.07) is -1.36. The lowest BCUT2D eigenvalue weighted by atomic mass is 10.0. The molecule has 3 rings (SSSR count). The molecule has 0 unspecified atom stereocenters. The summed E-state index contributed by atoms with van der Waals surface area (Å²) in [5, 5.41) is 63.1. The lowest BCUT2D eigenvalue weighted by Crippen LogP contribution is -2.62. The van der Waals surface area contributed by atoms with E-state index in [2.05, 4.69) is 47.9 Å². The standard InChI is InChI=1S/C51H77N13O15S2/c1-27-42(69)61-37(24-65)47(74)59-35(18-19-40(55)68)46(73)58-33(12-6-8-20-52)44(71)57-34(13-7-9-21-53)45(72)63-38(48(75)60-36(51(78)79)23-30-14-16-31(67)17-15-30)25-80-81-26-39(49(76)64-41(28(2)66)50(77)56-27)62-43(70)32(54)22-29-10-4-3-5-11-29/h3-5,10-11,14-17,27-28,32-39,41,65-67H,6-9,12-13,18-26,52-54H2,1-2H3,(H2,55,68)(H,56,77)(H,57,71)(H,58,73)(H,59,74)(H,60,75)(H,61,69)(H,62,70)(H,63,72)(H,64,76)(H,78,79)/t27-,28+,32-,33-,34-,35-,36-,37+,38-,39-,41-/m0/s1. The van der Waals surface area contributed by atoms with Gasteiger partial charge in [0.15, 0.2) is 0 Å². The van der Waals surface area contributed by atoms with E-state index in [0.717, 1.165) is 28.5 Å². The third kappa shape index (κ3) is 24.3. The zero-order valence-electron chi connectivity index (χ0n) is 45.1. The molecule has 2 aromatic carbocycles. The molecule has 0 aromatic heterocycles. The Bertz CT molecular complexity index is 2450. The van der Waals surface area contributed by atoms with Gasteiger partial charge in [-0.3, -0.25) is 47.9 Å². The van der Waals surface area contributed by atoms with Gasteiger partial charge in [-0.1, -0.05) is 64.1 Å². The van der Waals surface area contributed by atoms with E-state index in [4.69, 9.17) is 22.9 Å². The molecule has 0 aliphatic carbocycles. The smallest absolute Gasteiger partial charge is 0.326 e.